The molecule has 6 heteroatoms. The molecule has 0 saturated carbocycles. The maximum Gasteiger partial charge on any atom is 0.220 e. The molecule has 0 radical (unpaired) electrons. The van der Waals surface area contributed by atoms with Gasteiger partial charge in [0.2, 0.25) is 5.95 Å². The van der Waals surface area contributed by atoms with Crippen LogP contribution in [0.2, 0.25) is 0 Å². The molecule has 3 aromatic rings. The molecule has 2 aromatic heterocycles. The lowest BCUT2D eigenvalue weighted by Crippen LogP contribution is -2.32. The number of ketones is 1. The highest BCUT2D eigenvalue weighted by Crippen LogP contribution is 2.27. The third-order valence-corrected chi connectivity index (χ3v) is 5.64. The highest BCUT2D eigenvalue weighted by molar-refractivity contribution is 5.96. The van der Waals surface area contributed by atoms with E-state index in [1.165, 1.54) is 5.56 Å². The Morgan fingerprint density at radius 2 is 2.03 bits per heavy atom. The molecule has 2 N–H and O–H groups in total. The van der Waals surface area contributed by atoms with Crippen molar-refractivity contribution in [2.75, 3.05) is 17.2 Å². The van der Waals surface area contributed by atoms with Crippen LogP contribution >= 0.6 is 0 Å². The van der Waals surface area contributed by atoms with Gasteiger partial charge in [-0.1, -0.05) is 38.1 Å². The van der Waals surface area contributed by atoms with Crippen LogP contribution in [0.4, 0.5) is 11.6 Å². The Balaban J connectivity index is 1.55. The van der Waals surface area contributed by atoms with Gasteiger partial charge in [0.25, 0.3) is 0 Å². The van der Waals surface area contributed by atoms with Gasteiger partial charge in [-0.2, -0.15) is 0 Å². The number of rotatable bonds is 5. The van der Waals surface area contributed by atoms with Crippen LogP contribution in [-0.4, -0.2) is 27.3 Å². The molecule has 0 spiro atoms. The quantitative estimate of drug-likeness (QED) is 0.653. The van der Waals surface area contributed by atoms with Crippen molar-refractivity contribution in [2.45, 2.75) is 46.1 Å². The molecular formula is C24H27N5O. The van der Waals surface area contributed by atoms with E-state index < -0.39 is 0 Å². The number of Topliss-reactive ketones (excluding diaryl/α,β-unsaturated/α-hetero) is 1. The van der Waals surface area contributed by atoms with E-state index in [0.717, 1.165) is 41.0 Å². The van der Waals surface area contributed by atoms with E-state index in [2.05, 4.69) is 45.8 Å². The van der Waals surface area contributed by atoms with Crippen LogP contribution < -0.4 is 10.6 Å². The summed E-state index contributed by atoms with van der Waals surface area (Å²) in [6.07, 6.45) is 4.75. The summed E-state index contributed by atoms with van der Waals surface area (Å²) in [7, 11) is 0. The predicted molar refractivity (Wildman–Crippen MR) is 119 cm³/mol. The standard InChI is InChI=1S/C24H27N5O/c1-15(2)18-6-4-5-17(9-18)10-23(30)21-11-22(16(3)12-26-21)29-8-7-20-19(14-29)13-27-24(25)28-20/h4-6,9,11-13,15H,7-8,10,14H2,1-3H3,(H2,25,27,28). The lowest BCUT2D eigenvalue weighted by Gasteiger charge is -2.31. The van der Waals surface area contributed by atoms with Crippen LogP contribution in [0.3, 0.4) is 0 Å². The molecule has 3 heterocycles. The predicted octanol–water partition coefficient (Wildman–Crippen LogP) is 3.87. The molecule has 0 saturated heterocycles. The van der Waals surface area contributed by atoms with Crippen molar-refractivity contribution >= 4 is 17.4 Å². The first-order valence-electron chi connectivity index (χ1n) is 10.3. The van der Waals surface area contributed by atoms with Gasteiger partial charge in [0, 0.05) is 49.6 Å². The van der Waals surface area contributed by atoms with E-state index >= 15 is 0 Å². The van der Waals surface area contributed by atoms with E-state index in [-0.39, 0.29) is 5.78 Å². The van der Waals surface area contributed by atoms with Gasteiger partial charge in [-0.15, -0.1) is 0 Å². The lowest BCUT2D eigenvalue weighted by molar-refractivity contribution is 0.0988. The number of nitrogens with zero attached hydrogens (tertiary/aromatic N) is 4. The normalized spacial score (nSPS) is 13.4. The van der Waals surface area contributed by atoms with E-state index in [0.29, 0.717) is 30.5 Å². The lowest BCUT2D eigenvalue weighted by atomic mass is 9.98. The minimum absolute atomic E-state index is 0.0330. The van der Waals surface area contributed by atoms with Crippen LogP contribution in [0.1, 0.15) is 58.2 Å². The Bertz CT molecular complexity index is 1090. The summed E-state index contributed by atoms with van der Waals surface area (Å²) < 4.78 is 0. The van der Waals surface area contributed by atoms with Crippen molar-refractivity contribution in [3.05, 3.63) is 76.4 Å². The highest BCUT2D eigenvalue weighted by atomic mass is 16.1. The van der Waals surface area contributed by atoms with Crippen molar-refractivity contribution < 1.29 is 4.79 Å². The molecule has 0 unspecified atom stereocenters. The number of carbonyl (C=O) groups excluding carboxylic acids is 1. The molecule has 6 nitrogen and oxygen atoms in total. The summed E-state index contributed by atoms with van der Waals surface area (Å²) in [5.74, 6) is 0.785. The van der Waals surface area contributed by atoms with Gasteiger partial charge in [-0.3, -0.25) is 9.78 Å². The first kappa shape index (κ1) is 20.0. The second kappa shape index (κ2) is 8.22. The number of hydrogen-bond donors (Lipinski definition) is 1. The monoisotopic (exact) mass is 401 g/mol. The highest BCUT2D eigenvalue weighted by Gasteiger charge is 2.21. The fraction of sp³-hybridized carbons (Fsp3) is 0.333. The maximum absolute atomic E-state index is 13.0. The number of pyridine rings is 1. The summed E-state index contributed by atoms with van der Waals surface area (Å²) in [6.45, 7) is 7.86. The van der Waals surface area contributed by atoms with Gasteiger partial charge in [0.15, 0.2) is 5.78 Å². The van der Waals surface area contributed by atoms with Crippen molar-refractivity contribution in [1.29, 1.82) is 0 Å². The fourth-order valence-electron chi connectivity index (χ4n) is 3.88. The number of aromatic nitrogens is 3. The van der Waals surface area contributed by atoms with E-state index in [9.17, 15) is 4.79 Å². The van der Waals surface area contributed by atoms with Gasteiger partial charge in [-0.25, -0.2) is 9.97 Å². The molecule has 30 heavy (non-hydrogen) atoms. The first-order valence-corrected chi connectivity index (χ1v) is 10.3. The second-order valence-corrected chi connectivity index (χ2v) is 8.23. The molecular weight excluding hydrogens is 374 g/mol. The molecule has 0 amide bonds. The molecule has 154 valence electrons. The Morgan fingerprint density at radius 1 is 1.20 bits per heavy atom. The third-order valence-electron chi connectivity index (χ3n) is 5.64. The van der Waals surface area contributed by atoms with Gasteiger partial charge in [0.1, 0.15) is 5.69 Å². The molecule has 1 aliphatic heterocycles. The van der Waals surface area contributed by atoms with Gasteiger partial charge in [0.05, 0.1) is 5.69 Å². The summed E-state index contributed by atoms with van der Waals surface area (Å²) in [6, 6.07) is 10.2. The Morgan fingerprint density at radius 3 is 2.83 bits per heavy atom. The van der Waals surface area contributed by atoms with Crippen LogP contribution in [-0.2, 0) is 19.4 Å². The topological polar surface area (TPSA) is 85.0 Å². The molecule has 0 atom stereocenters. The molecule has 4 rings (SSSR count). The van der Waals surface area contributed by atoms with E-state index in [4.69, 9.17) is 5.73 Å². The zero-order chi connectivity index (χ0) is 21.3. The second-order valence-electron chi connectivity index (χ2n) is 8.23. The molecule has 1 aromatic carbocycles. The molecule has 0 aliphatic carbocycles. The summed E-state index contributed by atoms with van der Waals surface area (Å²) in [4.78, 5) is 28.1. The fourth-order valence-corrected chi connectivity index (χ4v) is 3.88. The van der Waals surface area contributed by atoms with Crippen molar-refractivity contribution in [1.82, 2.24) is 15.0 Å². The number of benzene rings is 1. The Kier molecular flexibility index (Phi) is 5.48. The SMILES string of the molecule is Cc1cnc(C(=O)Cc2cccc(C(C)C)c2)cc1N1CCc2nc(N)ncc2C1. The number of anilines is 2. The number of fused-ring (bicyclic) bond motifs is 1. The van der Waals surface area contributed by atoms with Crippen LogP contribution in [0.5, 0.6) is 0 Å². The molecule has 1 aliphatic rings. The summed E-state index contributed by atoms with van der Waals surface area (Å²) >= 11 is 0. The number of nitrogen functional groups attached to an aromatic ring is 1. The number of carbonyl (C=O) groups is 1. The van der Waals surface area contributed by atoms with Gasteiger partial charge < -0.3 is 10.6 Å². The third kappa shape index (κ3) is 4.17. The van der Waals surface area contributed by atoms with Crippen molar-refractivity contribution in [2.24, 2.45) is 0 Å². The van der Waals surface area contributed by atoms with E-state index in [1.54, 1.807) is 12.4 Å². The zero-order valence-electron chi connectivity index (χ0n) is 17.7. The van der Waals surface area contributed by atoms with Crippen LogP contribution in [0, 0.1) is 6.92 Å². The maximum atomic E-state index is 13.0. The minimum Gasteiger partial charge on any atom is -0.368 e. The summed E-state index contributed by atoms with van der Waals surface area (Å²) in [5.41, 5.74) is 12.6. The number of nitrogens with two attached hydrogens (primary N) is 1. The average Bonchev–Trinajstić information content (AvgIpc) is 2.74. The number of aryl methyl sites for hydroxylation is 1. The first-order chi connectivity index (χ1) is 14.4. The minimum atomic E-state index is 0.0330. The van der Waals surface area contributed by atoms with Crippen LogP contribution in [0.15, 0.2) is 42.7 Å². The summed E-state index contributed by atoms with van der Waals surface area (Å²) in [5, 5.41) is 0. The van der Waals surface area contributed by atoms with Gasteiger partial charge >= 0.3 is 0 Å². The molecule has 0 bridgehead atoms. The Labute approximate surface area is 177 Å². The van der Waals surface area contributed by atoms with Crippen LogP contribution in [0.25, 0.3) is 0 Å². The Hall–Kier alpha value is -3.28. The van der Waals surface area contributed by atoms with Gasteiger partial charge in [-0.05, 0) is 35.6 Å². The van der Waals surface area contributed by atoms with E-state index in [1.807, 2.05) is 25.1 Å². The van der Waals surface area contributed by atoms with Crippen molar-refractivity contribution in [3.8, 4) is 0 Å². The number of hydrogen-bond acceptors (Lipinski definition) is 6. The average molecular weight is 402 g/mol. The smallest absolute Gasteiger partial charge is 0.220 e. The largest absolute Gasteiger partial charge is 0.368 e. The molecule has 0 fully saturated rings. The van der Waals surface area contributed by atoms with Crippen molar-refractivity contribution in [3.63, 3.8) is 0 Å². The zero-order valence-corrected chi connectivity index (χ0v) is 17.7.